The molecule has 0 bridgehead atoms. The van der Waals surface area contributed by atoms with E-state index in [0.717, 1.165) is 15.3 Å². The Morgan fingerprint density at radius 3 is 2.85 bits per heavy atom. The van der Waals surface area contributed by atoms with Gasteiger partial charge in [-0.2, -0.15) is 11.3 Å². The van der Waals surface area contributed by atoms with Crippen LogP contribution in [0, 0.1) is 0 Å². The normalized spacial score (nSPS) is 11.8. The van der Waals surface area contributed by atoms with Crippen LogP contribution in [0.15, 0.2) is 53.2 Å². The van der Waals surface area contributed by atoms with E-state index < -0.39 is 6.10 Å². The highest BCUT2D eigenvalue weighted by Crippen LogP contribution is 2.29. The Kier molecular flexibility index (Phi) is 6.27. The van der Waals surface area contributed by atoms with Gasteiger partial charge in [-0.1, -0.05) is 12.1 Å². The number of rotatable bonds is 7. The molecule has 0 aliphatic carbocycles. The zero-order chi connectivity index (χ0) is 18.4. The zero-order valence-electron chi connectivity index (χ0n) is 14.3. The summed E-state index contributed by atoms with van der Waals surface area (Å²) in [4.78, 5) is 14.0. The van der Waals surface area contributed by atoms with Crippen molar-refractivity contribution >= 4 is 34.4 Å². The lowest BCUT2D eigenvalue weighted by atomic mass is 10.2. The topological polar surface area (TPSA) is 70.6 Å². The summed E-state index contributed by atoms with van der Waals surface area (Å²) in [5.74, 6) is 0.641. The Morgan fingerprint density at radius 1 is 1.23 bits per heavy atom. The van der Waals surface area contributed by atoms with Crippen molar-refractivity contribution in [1.82, 2.24) is 5.32 Å². The summed E-state index contributed by atoms with van der Waals surface area (Å²) in [5.41, 5.74) is 1.52. The fraction of sp³-hybridized carbons (Fsp3) is 0.211. The van der Waals surface area contributed by atoms with Gasteiger partial charge >= 0.3 is 6.03 Å². The average Bonchev–Trinajstić information content (AvgIpc) is 3.33. The monoisotopic (exact) mass is 388 g/mol. The molecule has 0 spiro atoms. The predicted molar refractivity (Wildman–Crippen MR) is 106 cm³/mol. The number of aliphatic hydroxyl groups is 1. The van der Waals surface area contributed by atoms with Crippen molar-refractivity contribution in [3.05, 3.63) is 68.5 Å². The molecular formula is C19H20N2O3S2. The number of amides is 2. The fourth-order valence-electron chi connectivity index (χ4n) is 2.42. The molecule has 1 aromatic carbocycles. The van der Waals surface area contributed by atoms with Gasteiger partial charge in [0.1, 0.15) is 11.9 Å². The molecule has 0 aliphatic heterocycles. The van der Waals surface area contributed by atoms with Crippen molar-refractivity contribution in [2.45, 2.75) is 19.6 Å². The first-order valence-electron chi connectivity index (χ1n) is 8.23. The number of urea groups is 1. The minimum absolute atomic E-state index is 0.300. The molecule has 3 aromatic rings. The molecule has 7 heteroatoms. The van der Waals surface area contributed by atoms with E-state index >= 15 is 0 Å². The van der Waals surface area contributed by atoms with E-state index in [1.807, 2.05) is 54.1 Å². The number of aliphatic hydroxyl groups excluding tert-OH is 1. The molecule has 0 radical (unpaired) electrons. The quantitative estimate of drug-likeness (QED) is 0.553. The van der Waals surface area contributed by atoms with Crippen LogP contribution in [0.1, 0.15) is 28.3 Å². The second-order valence-corrected chi connectivity index (χ2v) is 7.48. The molecule has 1 unspecified atom stereocenters. The first kappa shape index (κ1) is 18.4. The standard InChI is InChI=1S/C19H20N2O3S2/c1-2-24-16-6-4-3-5-15(16)21-19(23)20-11-14-7-8-17(26-14)18(22)13-9-10-25-12-13/h3-10,12,18,22H,2,11H2,1H3,(H2,20,21,23). The second-order valence-electron chi connectivity index (χ2n) is 5.50. The number of para-hydroxylation sites is 2. The van der Waals surface area contributed by atoms with Gasteiger partial charge in [0.2, 0.25) is 0 Å². The molecule has 136 valence electrons. The van der Waals surface area contributed by atoms with Gasteiger partial charge in [-0.25, -0.2) is 4.79 Å². The van der Waals surface area contributed by atoms with Crippen LogP contribution in [0.3, 0.4) is 0 Å². The number of hydrogen-bond acceptors (Lipinski definition) is 5. The minimum Gasteiger partial charge on any atom is -0.492 e. The molecule has 2 heterocycles. The van der Waals surface area contributed by atoms with Gasteiger partial charge in [0.15, 0.2) is 0 Å². The Labute approximate surface area is 160 Å². The third-order valence-corrected chi connectivity index (χ3v) is 5.51. The molecule has 0 fully saturated rings. The lowest BCUT2D eigenvalue weighted by Crippen LogP contribution is -2.28. The molecule has 26 heavy (non-hydrogen) atoms. The highest BCUT2D eigenvalue weighted by Gasteiger charge is 2.14. The number of benzene rings is 1. The van der Waals surface area contributed by atoms with Crippen LogP contribution in [-0.2, 0) is 6.54 Å². The molecule has 0 aliphatic rings. The molecule has 1 atom stereocenters. The average molecular weight is 389 g/mol. The minimum atomic E-state index is -0.619. The molecular weight excluding hydrogens is 368 g/mol. The van der Waals surface area contributed by atoms with Crippen LogP contribution in [0.2, 0.25) is 0 Å². The Bertz CT molecular complexity index is 846. The Hall–Kier alpha value is -2.35. The van der Waals surface area contributed by atoms with Crippen LogP contribution >= 0.6 is 22.7 Å². The first-order valence-corrected chi connectivity index (χ1v) is 9.98. The maximum atomic E-state index is 12.1. The van der Waals surface area contributed by atoms with Crippen LogP contribution in [0.5, 0.6) is 5.75 Å². The Balaban J connectivity index is 1.55. The summed E-state index contributed by atoms with van der Waals surface area (Å²) >= 11 is 3.04. The smallest absolute Gasteiger partial charge is 0.319 e. The van der Waals surface area contributed by atoms with E-state index in [4.69, 9.17) is 4.74 Å². The largest absolute Gasteiger partial charge is 0.492 e. The van der Waals surface area contributed by atoms with E-state index in [9.17, 15) is 9.90 Å². The molecule has 0 saturated carbocycles. The third kappa shape index (κ3) is 4.63. The lowest BCUT2D eigenvalue weighted by Gasteiger charge is -2.11. The number of carbonyl (C=O) groups is 1. The van der Waals surface area contributed by atoms with Crippen molar-refractivity contribution in [1.29, 1.82) is 0 Å². The SMILES string of the molecule is CCOc1ccccc1NC(=O)NCc1ccc(C(O)c2ccsc2)s1. The summed E-state index contributed by atoms with van der Waals surface area (Å²) in [5, 5.41) is 19.9. The van der Waals surface area contributed by atoms with Crippen molar-refractivity contribution < 1.29 is 14.6 Å². The van der Waals surface area contributed by atoms with Crippen molar-refractivity contribution in [2.24, 2.45) is 0 Å². The number of ether oxygens (including phenoxy) is 1. The number of thiophene rings is 2. The summed E-state index contributed by atoms with van der Waals surface area (Å²) in [7, 11) is 0. The van der Waals surface area contributed by atoms with Crippen molar-refractivity contribution in [2.75, 3.05) is 11.9 Å². The van der Waals surface area contributed by atoms with Crippen LogP contribution < -0.4 is 15.4 Å². The highest BCUT2D eigenvalue weighted by molar-refractivity contribution is 7.12. The van der Waals surface area contributed by atoms with Gasteiger partial charge in [-0.05, 0) is 53.6 Å². The van der Waals surface area contributed by atoms with Crippen LogP contribution in [-0.4, -0.2) is 17.7 Å². The van der Waals surface area contributed by atoms with Crippen LogP contribution in [0.4, 0.5) is 10.5 Å². The maximum absolute atomic E-state index is 12.1. The molecule has 2 aromatic heterocycles. The van der Waals surface area contributed by atoms with E-state index in [-0.39, 0.29) is 6.03 Å². The zero-order valence-corrected chi connectivity index (χ0v) is 15.9. The van der Waals surface area contributed by atoms with Gasteiger partial charge in [0.05, 0.1) is 18.8 Å². The number of hydrogen-bond donors (Lipinski definition) is 3. The lowest BCUT2D eigenvalue weighted by molar-refractivity contribution is 0.224. The fourth-order valence-corrected chi connectivity index (χ4v) is 4.06. The first-order chi connectivity index (χ1) is 12.7. The van der Waals surface area contributed by atoms with Gasteiger partial charge in [-0.15, -0.1) is 11.3 Å². The van der Waals surface area contributed by atoms with Gasteiger partial charge in [-0.3, -0.25) is 0 Å². The predicted octanol–water partition coefficient (Wildman–Crippen LogP) is 4.61. The van der Waals surface area contributed by atoms with Gasteiger partial charge in [0.25, 0.3) is 0 Å². The van der Waals surface area contributed by atoms with Crippen molar-refractivity contribution in [3.8, 4) is 5.75 Å². The molecule has 3 N–H and O–H groups in total. The summed E-state index contributed by atoms with van der Waals surface area (Å²) < 4.78 is 5.50. The number of nitrogens with one attached hydrogen (secondary N) is 2. The molecule has 3 rings (SSSR count). The van der Waals surface area contributed by atoms with E-state index in [0.29, 0.717) is 24.6 Å². The van der Waals surface area contributed by atoms with E-state index in [1.54, 1.807) is 17.4 Å². The summed E-state index contributed by atoms with van der Waals surface area (Å²) in [6.07, 6.45) is -0.619. The molecule has 0 saturated heterocycles. The summed E-state index contributed by atoms with van der Waals surface area (Å²) in [6, 6.07) is 12.7. The summed E-state index contributed by atoms with van der Waals surface area (Å²) in [6.45, 7) is 2.82. The molecule has 5 nitrogen and oxygen atoms in total. The van der Waals surface area contributed by atoms with Gasteiger partial charge < -0.3 is 20.5 Å². The van der Waals surface area contributed by atoms with Crippen LogP contribution in [0.25, 0.3) is 0 Å². The maximum Gasteiger partial charge on any atom is 0.319 e. The highest BCUT2D eigenvalue weighted by atomic mass is 32.1. The van der Waals surface area contributed by atoms with E-state index in [1.165, 1.54) is 11.3 Å². The van der Waals surface area contributed by atoms with Gasteiger partial charge in [0, 0.05) is 9.75 Å². The van der Waals surface area contributed by atoms with E-state index in [2.05, 4.69) is 10.6 Å². The second kappa shape index (κ2) is 8.84. The number of anilines is 1. The molecule has 2 amide bonds. The number of carbonyl (C=O) groups excluding carboxylic acids is 1. The Morgan fingerprint density at radius 2 is 2.08 bits per heavy atom. The van der Waals surface area contributed by atoms with Crippen molar-refractivity contribution in [3.63, 3.8) is 0 Å². The third-order valence-electron chi connectivity index (χ3n) is 3.67.